The summed E-state index contributed by atoms with van der Waals surface area (Å²) >= 11 is 0. The van der Waals surface area contributed by atoms with Gasteiger partial charge in [-0.15, -0.1) is 0 Å². The SMILES string of the molecule is Cn1c(=O)n(Cc2ccc(C(N)=O)cc2)c(=O)c2cc(S(=O)(=O)NC3(C)CC3)ccc21. The van der Waals surface area contributed by atoms with E-state index in [1.807, 2.05) is 6.92 Å². The molecule has 0 atom stereocenters. The lowest BCUT2D eigenvalue weighted by atomic mass is 10.1. The molecule has 2 aromatic carbocycles. The van der Waals surface area contributed by atoms with E-state index in [1.165, 1.54) is 41.9 Å². The minimum atomic E-state index is -3.80. The summed E-state index contributed by atoms with van der Waals surface area (Å²) in [6, 6.07) is 10.4. The van der Waals surface area contributed by atoms with Gasteiger partial charge in [0.15, 0.2) is 0 Å². The highest BCUT2D eigenvalue weighted by Gasteiger charge is 2.41. The maximum atomic E-state index is 13.1. The number of nitrogens with zero attached hydrogens (tertiary/aromatic N) is 2. The number of rotatable bonds is 6. The smallest absolute Gasteiger partial charge is 0.331 e. The van der Waals surface area contributed by atoms with Gasteiger partial charge in [0.1, 0.15) is 0 Å². The molecule has 1 aliphatic rings. The third-order valence-electron chi connectivity index (χ3n) is 5.59. The Morgan fingerprint density at radius 3 is 2.35 bits per heavy atom. The van der Waals surface area contributed by atoms with Gasteiger partial charge in [0.05, 0.1) is 22.3 Å². The van der Waals surface area contributed by atoms with Crippen molar-refractivity contribution in [2.45, 2.75) is 36.7 Å². The second-order valence-corrected chi connectivity index (χ2v) is 9.82. The number of aromatic nitrogens is 2. The van der Waals surface area contributed by atoms with Crippen molar-refractivity contribution >= 4 is 26.8 Å². The maximum Gasteiger partial charge on any atom is 0.331 e. The van der Waals surface area contributed by atoms with E-state index in [9.17, 15) is 22.8 Å². The first-order chi connectivity index (χ1) is 14.5. The highest BCUT2D eigenvalue weighted by molar-refractivity contribution is 7.89. The van der Waals surface area contributed by atoms with E-state index < -0.39 is 32.7 Å². The van der Waals surface area contributed by atoms with E-state index in [1.54, 1.807) is 12.1 Å². The van der Waals surface area contributed by atoms with Gasteiger partial charge in [0.2, 0.25) is 15.9 Å². The Hall–Kier alpha value is -3.24. The number of nitrogens with two attached hydrogens (primary N) is 1. The molecule has 0 aliphatic heterocycles. The highest BCUT2D eigenvalue weighted by Crippen LogP contribution is 2.36. The van der Waals surface area contributed by atoms with Crippen LogP contribution in [0.1, 0.15) is 35.7 Å². The van der Waals surface area contributed by atoms with Gasteiger partial charge in [-0.3, -0.25) is 18.7 Å². The van der Waals surface area contributed by atoms with Crippen molar-refractivity contribution in [2.75, 3.05) is 0 Å². The first-order valence-corrected chi connectivity index (χ1v) is 11.2. The molecule has 4 rings (SSSR count). The number of primary amides is 1. The molecule has 1 aromatic heterocycles. The van der Waals surface area contributed by atoms with Crippen LogP contribution in [-0.2, 0) is 23.6 Å². The topological polar surface area (TPSA) is 133 Å². The van der Waals surface area contributed by atoms with E-state index in [0.29, 0.717) is 16.6 Å². The fourth-order valence-corrected chi connectivity index (χ4v) is 4.92. The van der Waals surface area contributed by atoms with Gasteiger partial charge in [-0.25, -0.2) is 17.9 Å². The van der Waals surface area contributed by atoms with Crippen molar-refractivity contribution in [3.8, 4) is 0 Å². The lowest BCUT2D eigenvalue weighted by Gasteiger charge is -2.14. The molecule has 0 unspecified atom stereocenters. The average Bonchev–Trinajstić information content (AvgIpc) is 3.45. The lowest BCUT2D eigenvalue weighted by molar-refractivity contribution is 0.1000. The van der Waals surface area contributed by atoms with Crippen LogP contribution in [0.2, 0.25) is 0 Å². The monoisotopic (exact) mass is 442 g/mol. The number of benzene rings is 2. The predicted octanol–water partition coefficient (Wildman–Crippen LogP) is 0.678. The molecular weight excluding hydrogens is 420 g/mol. The Morgan fingerprint density at radius 2 is 1.77 bits per heavy atom. The minimum absolute atomic E-state index is 0.0266. The molecule has 1 saturated carbocycles. The third-order valence-corrected chi connectivity index (χ3v) is 7.23. The van der Waals surface area contributed by atoms with Crippen molar-refractivity contribution in [2.24, 2.45) is 12.8 Å². The average molecular weight is 442 g/mol. The summed E-state index contributed by atoms with van der Waals surface area (Å²) in [5.41, 5.74) is 4.94. The molecule has 0 radical (unpaired) electrons. The van der Waals surface area contributed by atoms with E-state index in [4.69, 9.17) is 5.73 Å². The molecule has 10 heteroatoms. The summed E-state index contributed by atoms with van der Waals surface area (Å²) in [6.45, 7) is 1.79. The van der Waals surface area contributed by atoms with Gasteiger partial charge < -0.3 is 5.73 Å². The zero-order valence-electron chi connectivity index (χ0n) is 17.1. The van der Waals surface area contributed by atoms with Crippen LogP contribution in [0.5, 0.6) is 0 Å². The molecule has 1 heterocycles. The number of aryl methyl sites for hydroxylation is 1. The van der Waals surface area contributed by atoms with E-state index in [0.717, 1.165) is 17.4 Å². The molecule has 162 valence electrons. The summed E-state index contributed by atoms with van der Waals surface area (Å²) in [7, 11) is -2.28. The number of fused-ring (bicyclic) bond motifs is 1. The van der Waals surface area contributed by atoms with Crippen LogP contribution in [0.25, 0.3) is 10.9 Å². The van der Waals surface area contributed by atoms with Crippen LogP contribution in [0.4, 0.5) is 0 Å². The lowest BCUT2D eigenvalue weighted by Crippen LogP contribution is -2.39. The fourth-order valence-electron chi connectivity index (χ4n) is 3.43. The van der Waals surface area contributed by atoms with Crippen LogP contribution in [0, 0.1) is 0 Å². The number of hydrogen-bond acceptors (Lipinski definition) is 5. The summed E-state index contributed by atoms with van der Waals surface area (Å²) in [5, 5.41) is 0.125. The zero-order valence-corrected chi connectivity index (χ0v) is 17.9. The van der Waals surface area contributed by atoms with Gasteiger partial charge in [-0.05, 0) is 55.7 Å². The Labute approximate surface area is 178 Å². The Kier molecular flexibility index (Phi) is 4.86. The largest absolute Gasteiger partial charge is 0.366 e. The Morgan fingerprint density at radius 1 is 1.13 bits per heavy atom. The summed E-state index contributed by atoms with van der Waals surface area (Å²) in [4.78, 5) is 37.1. The molecule has 1 aliphatic carbocycles. The quantitative estimate of drug-likeness (QED) is 0.579. The molecule has 3 N–H and O–H groups in total. The molecule has 3 aromatic rings. The number of sulfonamides is 1. The van der Waals surface area contributed by atoms with Crippen LogP contribution >= 0.6 is 0 Å². The van der Waals surface area contributed by atoms with E-state index in [2.05, 4.69) is 4.72 Å². The second-order valence-electron chi connectivity index (χ2n) is 8.14. The van der Waals surface area contributed by atoms with E-state index in [-0.39, 0.29) is 16.8 Å². The Balaban J connectivity index is 1.80. The molecule has 0 spiro atoms. The number of amides is 1. The number of carbonyl (C=O) groups is 1. The standard InChI is InChI=1S/C21H22N4O5S/c1-21(9-10-21)23-31(29,30)15-7-8-17-16(11-15)19(27)25(20(28)24(17)2)12-13-3-5-14(6-4-13)18(22)26/h3-8,11,23H,9-10,12H2,1-2H3,(H2,22,26). The van der Waals surface area contributed by atoms with Crippen molar-refractivity contribution in [1.82, 2.24) is 13.9 Å². The predicted molar refractivity (Wildman–Crippen MR) is 115 cm³/mol. The van der Waals surface area contributed by atoms with Crippen molar-refractivity contribution in [3.05, 3.63) is 74.4 Å². The first kappa shape index (κ1) is 21.0. The normalized spacial score (nSPS) is 15.2. The number of nitrogens with one attached hydrogen (secondary N) is 1. The van der Waals surface area contributed by atoms with Crippen LogP contribution in [-0.4, -0.2) is 29.0 Å². The molecule has 1 amide bonds. The van der Waals surface area contributed by atoms with Gasteiger partial charge in [0.25, 0.3) is 5.56 Å². The second kappa shape index (κ2) is 7.17. The van der Waals surface area contributed by atoms with Gasteiger partial charge in [-0.1, -0.05) is 12.1 Å². The third kappa shape index (κ3) is 3.91. The van der Waals surface area contributed by atoms with Gasteiger partial charge >= 0.3 is 5.69 Å². The molecule has 1 fully saturated rings. The summed E-state index contributed by atoms with van der Waals surface area (Å²) in [5.74, 6) is -0.576. The number of carbonyl (C=O) groups excluding carboxylic acids is 1. The van der Waals surface area contributed by atoms with Crippen LogP contribution in [0.15, 0.2) is 56.9 Å². The van der Waals surface area contributed by atoms with E-state index >= 15 is 0 Å². The number of hydrogen-bond donors (Lipinski definition) is 2. The Bertz CT molecular complexity index is 1430. The van der Waals surface area contributed by atoms with Crippen molar-refractivity contribution in [1.29, 1.82) is 0 Å². The summed E-state index contributed by atoms with van der Waals surface area (Å²) < 4.78 is 30.5. The molecular formula is C21H22N4O5S. The van der Waals surface area contributed by atoms with Crippen LogP contribution < -0.4 is 21.7 Å². The van der Waals surface area contributed by atoms with Crippen molar-refractivity contribution in [3.63, 3.8) is 0 Å². The van der Waals surface area contributed by atoms with Crippen LogP contribution in [0.3, 0.4) is 0 Å². The highest BCUT2D eigenvalue weighted by atomic mass is 32.2. The first-order valence-electron chi connectivity index (χ1n) is 9.67. The zero-order chi connectivity index (χ0) is 22.6. The molecule has 9 nitrogen and oxygen atoms in total. The minimum Gasteiger partial charge on any atom is -0.366 e. The van der Waals surface area contributed by atoms with Gasteiger partial charge in [0, 0.05) is 18.2 Å². The van der Waals surface area contributed by atoms with Gasteiger partial charge in [-0.2, -0.15) is 0 Å². The molecule has 0 bridgehead atoms. The molecule has 31 heavy (non-hydrogen) atoms. The maximum absolute atomic E-state index is 13.1. The summed E-state index contributed by atoms with van der Waals surface area (Å²) in [6.07, 6.45) is 1.52. The van der Waals surface area contributed by atoms with Crippen molar-refractivity contribution < 1.29 is 13.2 Å². The fraction of sp³-hybridized carbons (Fsp3) is 0.286. The molecule has 0 saturated heterocycles.